The number of anilines is 1. The summed E-state index contributed by atoms with van der Waals surface area (Å²) in [5.41, 5.74) is 1.29. The fourth-order valence-corrected chi connectivity index (χ4v) is 2.44. The van der Waals surface area contributed by atoms with Crippen LogP contribution in [0.2, 0.25) is 5.02 Å². The lowest BCUT2D eigenvalue weighted by Gasteiger charge is -2.09. The molecule has 0 saturated carbocycles. The minimum absolute atomic E-state index is 0.149. The highest BCUT2D eigenvalue weighted by atomic mass is 35.5. The molecule has 0 atom stereocenters. The first-order chi connectivity index (χ1) is 12.7. The van der Waals surface area contributed by atoms with Gasteiger partial charge < -0.3 is 15.4 Å². The normalized spacial score (nSPS) is 10.4. The van der Waals surface area contributed by atoms with Crippen LogP contribution in [0.1, 0.15) is 12.7 Å². The smallest absolute Gasteiger partial charge is 0.319 e. The Labute approximate surface area is 155 Å². The molecule has 8 nitrogen and oxygen atoms in total. The van der Waals surface area contributed by atoms with E-state index in [-0.39, 0.29) is 6.54 Å². The van der Waals surface area contributed by atoms with Gasteiger partial charge in [0.25, 0.3) is 0 Å². The molecule has 134 valence electrons. The fourth-order valence-electron chi connectivity index (χ4n) is 2.26. The van der Waals surface area contributed by atoms with E-state index in [0.717, 1.165) is 11.4 Å². The van der Waals surface area contributed by atoms with Gasteiger partial charge in [-0.15, -0.1) is 5.10 Å². The summed E-state index contributed by atoms with van der Waals surface area (Å²) >= 11 is 6.02. The van der Waals surface area contributed by atoms with E-state index in [9.17, 15) is 4.79 Å². The van der Waals surface area contributed by atoms with Gasteiger partial charge in [-0.1, -0.05) is 23.7 Å². The molecule has 1 aromatic heterocycles. The monoisotopic (exact) mass is 372 g/mol. The van der Waals surface area contributed by atoms with Crippen LogP contribution in [0.3, 0.4) is 0 Å². The zero-order valence-corrected chi connectivity index (χ0v) is 14.8. The number of rotatable bonds is 6. The molecule has 3 aromatic rings. The first-order valence-corrected chi connectivity index (χ1v) is 8.35. The molecule has 0 fully saturated rings. The van der Waals surface area contributed by atoms with Crippen molar-refractivity contribution in [3.8, 4) is 11.4 Å². The number of ether oxygens (including phenoxy) is 1. The number of tetrazole rings is 1. The van der Waals surface area contributed by atoms with Crippen LogP contribution in [0, 0.1) is 0 Å². The number of amides is 2. The molecule has 0 radical (unpaired) electrons. The van der Waals surface area contributed by atoms with Crippen LogP contribution in [0.25, 0.3) is 5.69 Å². The van der Waals surface area contributed by atoms with E-state index in [1.807, 2.05) is 31.2 Å². The van der Waals surface area contributed by atoms with Crippen molar-refractivity contribution in [2.75, 3.05) is 11.9 Å². The molecule has 9 heteroatoms. The summed E-state index contributed by atoms with van der Waals surface area (Å²) in [7, 11) is 0. The summed E-state index contributed by atoms with van der Waals surface area (Å²) in [6.45, 7) is 2.67. The lowest BCUT2D eigenvalue weighted by atomic mass is 10.3. The van der Waals surface area contributed by atoms with Crippen LogP contribution in [-0.4, -0.2) is 32.8 Å². The number of carbonyl (C=O) groups excluding carboxylic acids is 1. The molecule has 0 spiro atoms. The Morgan fingerprint density at radius 2 is 1.96 bits per heavy atom. The molecular formula is C17H17ClN6O2. The van der Waals surface area contributed by atoms with E-state index in [2.05, 4.69) is 26.2 Å². The Bertz CT molecular complexity index is 881. The molecule has 0 saturated heterocycles. The van der Waals surface area contributed by atoms with Gasteiger partial charge in [-0.3, -0.25) is 0 Å². The van der Waals surface area contributed by atoms with Crippen molar-refractivity contribution < 1.29 is 9.53 Å². The summed E-state index contributed by atoms with van der Waals surface area (Å²) in [6.07, 6.45) is 0. The Kier molecular flexibility index (Phi) is 5.65. The number of nitrogens with one attached hydrogen (secondary N) is 2. The average molecular weight is 373 g/mol. The number of para-hydroxylation sites is 1. The van der Waals surface area contributed by atoms with Gasteiger partial charge in [-0.05, 0) is 53.7 Å². The predicted molar refractivity (Wildman–Crippen MR) is 97.6 cm³/mol. The van der Waals surface area contributed by atoms with Gasteiger partial charge >= 0.3 is 6.03 Å². The van der Waals surface area contributed by atoms with Crippen LogP contribution >= 0.6 is 11.6 Å². The van der Waals surface area contributed by atoms with Crippen LogP contribution in [0.5, 0.6) is 5.75 Å². The zero-order valence-electron chi connectivity index (χ0n) is 14.0. The van der Waals surface area contributed by atoms with Crippen molar-refractivity contribution in [3.05, 3.63) is 59.4 Å². The number of hydrogen-bond donors (Lipinski definition) is 2. The maximum atomic E-state index is 12.0. The van der Waals surface area contributed by atoms with Crippen molar-refractivity contribution in [2.45, 2.75) is 13.5 Å². The van der Waals surface area contributed by atoms with Crippen LogP contribution in [0.4, 0.5) is 10.5 Å². The number of aromatic nitrogens is 4. The first kappa shape index (κ1) is 17.7. The van der Waals surface area contributed by atoms with Crippen molar-refractivity contribution in [1.82, 2.24) is 25.5 Å². The molecule has 1 heterocycles. The summed E-state index contributed by atoms with van der Waals surface area (Å²) in [5.74, 6) is 1.26. The second kappa shape index (κ2) is 8.30. The van der Waals surface area contributed by atoms with Crippen molar-refractivity contribution in [1.29, 1.82) is 0 Å². The number of nitrogens with zero attached hydrogens (tertiary/aromatic N) is 4. The SMILES string of the molecule is CCOc1ccc(-n2nnnc2CNC(=O)Nc2ccccc2Cl)cc1. The summed E-state index contributed by atoms with van der Waals surface area (Å²) in [5, 5.41) is 17.4. The highest BCUT2D eigenvalue weighted by molar-refractivity contribution is 6.33. The highest BCUT2D eigenvalue weighted by Crippen LogP contribution is 2.20. The standard InChI is InChI=1S/C17H17ClN6O2/c1-2-26-13-9-7-12(8-10-13)24-16(21-22-23-24)11-19-17(25)20-15-6-4-3-5-14(15)18/h3-10H,2,11H2,1H3,(H2,19,20,25). The molecular weight excluding hydrogens is 356 g/mol. The van der Waals surface area contributed by atoms with Gasteiger partial charge in [0.2, 0.25) is 0 Å². The fraction of sp³-hybridized carbons (Fsp3) is 0.176. The third-order valence-electron chi connectivity index (χ3n) is 3.46. The third-order valence-corrected chi connectivity index (χ3v) is 3.79. The first-order valence-electron chi connectivity index (χ1n) is 7.97. The summed E-state index contributed by atoms with van der Waals surface area (Å²) in [4.78, 5) is 12.0. The van der Waals surface area contributed by atoms with E-state index in [1.54, 1.807) is 28.9 Å². The molecule has 2 amide bonds. The van der Waals surface area contributed by atoms with Gasteiger partial charge in [0.1, 0.15) is 5.75 Å². The number of halogens is 1. The lowest BCUT2D eigenvalue weighted by molar-refractivity contribution is 0.251. The molecule has 26 heavy (non-hydrogen) atoms. The van der Waals surface area contributed by atoms with Gasteiger partial charge in [-0.2, -0.15) is 4.68 Å². The Morgan fingerprint density at radius 1 is 1.19 bits per heavy atom. The molecule has 3 rings (SSSR count). The van der Waals surface area contributed by atoms with Gasteiger partial charge in [0.05, 0.1) is 29.5 Å². The summed E-state index contributed by atoms with van der Waals surface area (Å²) < 4.78 is 6.96. The van der Waals surface area contributed by atoms with E-state index in [1.165, 1.54) is 0 Å². The molecule has 0 bridgehead atoms. The van der Waals surface area contributed by atoms with Crippen molar-refractivity contribution in [3.63, 3.8) is 0 Å². The van der Waals surface area contributed by atoms with E-state index >= 15 is 0 Å². The van der Waals surface area contributed by atoms with Gasteiger partial charge in [0.15, 0.2) is 5.82 Å². The number of carbonyl (C=O) groups is 1. The quantitative estimate of drug-likeness (QED) is 0.693. The van der Waals surface area contributed by atoms with E-state index < -0.39 is 6.03 Å². The predicted octanol–water partition coefficient (Wildman–Crippen LogP) is 3.04. The lowest BCUT2D eigenvalue weighted by Crippen LogP contribution is -2.29. The Balaban J connectivity index is 1.63. The average Bonchev–Trinajstić information content (AvgIpc) is 3.11. The number of urea groups is 1. The minimum atomic E-state index is -0.403. The molecule has 0 aliphatic rings. The van der Waals surface area contributed by atoms with Crippen LogP contribution in [0.15, 0.2) is 48.5 Å². The second-order valence-corrected chi connectivity index (χ2v) is 5.63. The maximum Gasteiger partial charge on any atom is 0.319 e. The Hall–Kier alpha value is -3.13. The minimum Gasteiger partial charge on any atom is -0.494 e. The Morgan fingerprint density at radius 3 is 2.69 bits per heavy atom. The van der Waals surface area contributed by atoms with Crippen molar-refractivity contribution in [2.24, 2.45) is 0 Å². The summed E-state index contributed by atoms with van der Waals surface area (Å²) in [6, 6.07) is 13.9. The van der Waals surface area contributed by atoms with Crippen LogP contribution < -0.4 is 15.4 Å². The molecule has 2 N–H and O–H groups in total. The number of hydrogen-bond acceptors (Lipinski definition) is 5. The molecule has 0 aliphatic heterocycles. The largest absolute Gasteiger partial charge is 0.494 e. The second-order valence-electron chi connectivity index (χ2n) is 5.22. The highest BCUT2D eigenvalue weighted by Gasteiger charge is 2.11. The third kappa shape index (κ3) is 4.28. The van der Waals surface area contributed by atoms with Gasteiger partial charge in [-0.25, -0.2) is 4.79 Å². The topological polar surface area (TPSA) is 94.0 Å². The van der Waals surface area contributed by atoms with Crippen LogP contribution in [-0.2, 0) is 6.54 Å². The van der Waals surface area contributed by atoms with Crippen molar-refractivity contribution >= 4 is 23.3 Å². The van der Waals surface area contributed by atoms with E-state index in [4.69, 9.17) is 16.3 Å². The zero-order chi connectivity index (χ0) is 18.4. The molecule has 0 aliphatic carbocycles. The van der Waals surface area contributed by atoms with E-state index in [0.29, 0.717) is 23.1 Å². The molecule has 0 unspecified atom stereocenters. The maximum absolute atomic E-state index is 12.0. The molecule has 2 aromatic carbocycles. The number of benzene rings is 2. The van der Waals surface area contributed by atoms with Gasteiger partial charge in [0, 0.05) is 0 Å².